The topological polar surface area (TPSA) is 126 Å². The number of urea groups is 1. The molecule has 0 atom stereocenters. The Balaban J connectivity index is 1.56. The number of primary amides is 1. The Bertz CT molecular complexity index is 1310. The van der Waals surface area contributed by atoms with Crippen LogP contribution in [0.25, 0.3) is 27.1 Å². The lowest BCUT2D eigenvalue weighted by atomic mass is 9.99. The number of pyridine rings is 2. The highest BCUT2D eigenvalue weighted by atomic mass is 16.2. The molecule has 2 N–H and O–H groups in total. The molecule has 2 aliphatic rings. The van der Waals surface area contributed by atoms with E-state index in [4.69, 9.17) is 17.3 Å². The summed E-state index contributed by atoms with van der Waals surface area (Å²) < 4.78 is 0. The van der Waals surface area contributed by atoms with Crippen LogP contribution < -0.4 is 10.6 Å². The first-order chi connectivity index (χ1) is 16.4. The highest BCUT2D eigenvalue weighted by molar-refractivity contribution is 6.04. The van der Waals surface area contributed by atoms with Gasteiger partial charge in [-0.2, -0.15) is 9.97 Å². The molecule has 0 unspecified atom stereocenters. The molecule has 1 saturated heterocycles. The van der Waals surface area contributed by atoms with Crippen LogP contribution in [-0.2, 0) is 11.3 Å². The van der Waals surface area contributed by atoms with Gasteiger partial charge in [0.1, 0.15) is 5.52 Å². The largest absolute Gasteiger partial charge is 0.394 e. The van der Waals surface area contributed by atoms with Crippen molar-refractivity contribution in [2.75, 3.05) is 31.6 Å². The van der Waals surface area contributed by atoms with Crippen molar-refractivity contribution in [2.24, 2.45) is 5.73 Å². The van der Waals surface area contributed by atoms with E-state index in [2.05, 4.69) is 19.8 Å². The van der Waals surface area contributed by atoms with Crippen LogP contribution in [0.4, 0.5) is 16.4 Å². The third-order valence-corrected chi connectivity index (χ3v) is 6.28. The van der Waals surface area contributed by atoms with Gasteiger partial charge in [0.25, 0.3) is 0 Å². The van der Waals surface area contributed by atoms with Gasteiger partial charge in [0.05, 0.1) is 47.9 Å². The maximum atomic E-state index is 13.4. The summed E-state index contributed by atoms with van der Waals surface area (Å²) in [7, 11) is 1.78. The lowest BCUT2D eigenvalue weighted by Gasteiger charge is -2.43. The van der Waals surface area contributed by atoms with Crippen molar-refractivity contribution in [3.05, 3.63) is 47.7 Å². The number of nitrogens with zero attached hydrogens (tertiary/aromatic N) is 8. The number of piperidine rings is 1. The first-order valence-corrected chi connectivity index (χ1v) is 11.0. The predicted molar refractivity (Wildman–Crippen MR) is 125 cm³/mol. The van der Waals surface area contributed by atoms with Gasteiger partial charge in [0, 0.05) is 37.9 Å². The molecule has 3 amide bonds. The molecule has 0 bridgehead atoms. The number of carbonyl (C=O) groups is 2. The molecule has 0 aliphatic carbocycles. The zero-order valence-corrected chi connectivity index (χ0v) is 18.7. The van der Waals surface area contributed by atoms with E-state index in [1.54, 1.807) is 24.3 Å². The van der Waals surface area contributed by atoms with Crippen molar-refractivity contribution in [3.63, 3.8) is 0 Å². The van der Waals surface area contributed by atoms with Crippen LogP contribution in [0.15, 0.2) is 30.7 Å². The molecule has 0 saturated carbocycles. The number of aromatic nitrogens is 4. The Labute approximate surface area is 196 Å². The third-order valence-electron chi connectivity index (χ3n) is 6.28. The highest BCUT2D eigenvalue weighted by Gasteiger charge is 2.37. The number of nitrogens with two attached hydrogens (primary N) is 1. The highest BCUT2D eigenvalue weighted by Crippen LogP contribution is 2.37. The van der Waals surface area contributed by atoms with Crippen LogP contribution in [0.1, 0.15) is 18.4 Å². The van der Waals surface area contributed by atoms with Gasteiger partial charge < -0.3 is 15.5 Å². The lowest BCUT2D eigenvalue weighted by molar-refractivity contribution is -0.119. The van der Waals surface area contributed by atoms with Crippen LogP contribution >= 0.6 is 0 Å². The first-order valence-electron chi connectivity index (χ1n) is 11.0. The molecule has 5 rings (SSSR count). The number of hydrogen-bond acceptors (Lipinski definition) is 7. The molecule has 0 aromatic carbocycles. The molecule has 3 aromatic rings. The smallest absolute Gasteiger partial charge is 0.371 e. The summed E-state index contributed by atoms with van der Waals surface area (Å²) >= 11 is 0. The van der Waals surface area contributed by atoms with E-state index in [1.807, 2.05) is 28.1 Å². The maximum absolute atomic E-state index is 13.4. The second-order valence-corrected chi connectivity index (χ2v) is 8.56. The first kappa shape index (κ1) is 21.7. The molecule has 3 aromatic heterocycles. The van der Waals surface area contributed by atoms with E-state index >= 15 is 0 Å². The van der Waals surface area contributed by atoms with Crippen LogP contribution in [-0.4, -0.2) is 74.4 Å². The summed E-state index contributed by atoms with van der Waals surface area (Å²) in [6.07, 6.45) is 6.40. The van der Waals surface area contributed by atoms with Gasteiger partial charge in [-0.1, -0.05) is 0 Å². The van der Waals surface area contributed by atoms with Crippen molar-refractivity contribution in [3.8, 4) is 11.3 Å². The summed E-state index contributed by atoms with van der Waals surface area (Å²) in [5.41, 5.74) is 9.72. The fourth-order valence-corrected chi connectivity index (χ4v) is 4.64. The molecule has 1 fully saturated rings. The Hall–Kier alpha value is -4.17. The monoisotopic (exact) mass is 457 g/mol. The van der Waals surface area contributed by atoms with E-state index < -0.39 is 0 Å². The fourth-order valence-electron chi connectivity index (χ4n) is 4.64. The van der Waals surface area contributed by atoms with Crippen LogP contribution in [0.5, 0.6) is 0 Å². The quantitative estimate of drug-likeness (QED) is 0.594. The van der Waals surface area contributed by atoms with Gasteiger partial charge in [0.15, 0.2) is 0 Å². The van der Waals surface area contributed by atoms with E-state index in [-0.39, 0.29) is 30.5 Å². The average Bonchev–Trinajstić information content (AvgIpc) is 2.85. The minimum atomic E-state index is -0.347. The minimum absolute atomic E-state index is 0.0320. The van der Waals surface area contributed by atoms with E-state index in [0.29, 0.717) is 41.9 Å². The minimum Gasteiger partial charge on any atom is -0.394 e. The molecule has 2 aliphatic heterocycles. The molecule has 0 spiro atoms. The molecular formula is C23H23N9O2. The molecule has 0 radical (unpaired) electrons. The molecule has 5 heterocycles. The van der Waals surface area contributed by atoms with Gasteiger partial charge in [-0.3, -0.25) is 19.6 Å². The van der Waals surface area contributed by atoms with Crippen molar-refractivity contribution >= 4 is 34.6 Å². The number of likely N-dealkylation sites (tertiary alicyclic amines) is 1. The normalized spacial score (nSPS) is 17.0. The number of anilines is 1. The summed E-state index contributed by atoms with van der Waals surface area (Å²) in [5, 5.41) is 0. The Morgan fingerprint density at radius 2 is 1.91 bits per heavy atom. The van der Waals surface area contributed by atoms with Crippen molar-refractivity contribution in [1.82, 2.24) is 29.7 Å². The molecule has 11 heteroatoms. The Kier molecular flexibility index (Phi) is 5.51. The predicted octanol–water partition coefficient (Wildman–Crippen LogP) is 1.96. The molecule has 172 valence electrons. The zero-order valence-electron chi connectivity index (χ0n) is 18.7. The van der Waals surface area contributed by atoms with Crippen LogP contribution in [0.2, 0.25) is 0 Å². The molecular weight excluding hydrogens is 434 g/mol. The Morgan fingerprint density at radius 3 is 2.59 bits per heavy atom. The summed E-state index contributed by atoms with van der Waals surface area (Å²) in [5.74, 6) is -0.272. The second-order valence-electron chi connectivity index (χ2n) is 8.56. The molecule has 11 nitrogen and oxygen atoms in total. The zero-order chi connectivity index (χ0) is 23.8. The van der Waals surface area contributed by atoms with Crippen molar-refractivity contribution in [2.45, 2.75) is 25.4 Å². The average molecular weight is 457 g/mol. The van der Waals surface area contributed by atoms with Crippen molar-refractivity contribution < 1.29 is 9.59 Å². The number of rotatable bonds is 4. The Morgan fingerprint density at radius 1 is 1.18 bits per heavy atom. The SMILES string of the molecule is [C-]#[N+]c1ncc(-c2ccc3ncc4c(c3n2)N(C2CCN(CC(N)=O)CC2)C(=O)N(C)C4)cn1. The van der Waals surface area contributed by atoms with E-state index in [1.165, 1.54) is 0 Å². The number of fused-ring (bicyclic) bond motifs is 3. The number of hydrogen-bond donors (Lipinski definition) is 1. The second kappa shape index (κ2) is 8.64. The lowest BCUT2D eigenvalue weighted by Crippen LogP contribution is -2.54. The number of carbonyl (C=O) groups excluding carboxylic acids is 2. The molecule has 34 heavy (non-hydrogen) atoms. The van der Waals surface area contributed by atoms with E-state index in [9.17, 15) is 9.59 Å². The number of amides is 3. The van der Waals surface area contributed by atoms with Gasteiger partial charge in [-0.05, 0) is 25.0 Å². The summed E-state index contributed by atoms with van der Waals surface area (Å²) in [4.78, 5) is 51.0. The van der Waals surface area contributed by atoms with Crippen LogP contribution in [0, 0.1) is 6.57 Å². The van der Waals surface area contributed by atoms with Gasteiger partial charge >= 0.3 is 12.0 Å². The van der Waals surface area contributed by atoms with Crippen molar-refractivity contribution in [1.29, 1.82) is 0 Å². The van der Waals surface area contributed by atoms with Crippen LogP contribution in [0.3, 0.4) is 0 Å². The maximum Gasteiger partial charge on any atom is 0.371 e. The van der Waals surface area contributed by atoms with Gasteiger partial charge in [-0.15, -0.1) is 6.57 Å². The van der Waals surface area contributed by atoms with Gasteiger partial charge in [0.2, 0.25) is 5.91 Å². The third kappa shape index (κ3) is 3.88. The fraction of sp³-hybridized carbons (Fsp3) is 0.348. The summed E-state index contributed by atoms with van der Waals surface area (Å²) in [6.45, 7) is 9.08. The van der Waals surface area contributed by atoms with E-state index in [0.717, 1.165) is 24.1 Å². The van der Waals surface area contributed by atoms with Gasteiger partial charge in [-0.25, -0.2) is 9.78 Å². The standard InChI is InChI=1S/C23H23N9O2/c1-25-22-27-9-14(10-28-22)17-3-4-18-20(29-17)21-15(11-26-18)12-30(2)23(34)32(21)16-5-7-31(8-6-16)13-19(24)33/h3-4,9-11,16H,5-8,12-13H2,2H3,(H2,24,33). The summed E-state index contributed by atoms with van der Waals surface area (Å²) in [6, 6.07) is 3.60.